The fourth-order valence-corrected chi connectivity index (χ4v) is 2.64. The van der Waals surface area contributed by atoms with E-state index in [0.717, 1.165) is 24.3 Å². The first kappa shape index (κ1) is 19.8. The first-order valence-electron chi connectivity index (χ1n) is 9.02. The zero-order chi connectivity index (χ0) is 18.9. The summed E-state index contributed by atoms with van der Waals surface area (Å²) in [6, 6.07) is 6.22. The molecule has 0 aliphatic rings. The lowest BCUT2D eigenvalue weighted by Crippen LogP contribution is -2.36. The highest BCUT2D eigenvalue weighted by Crippen LogP contribution is 2.22. The van der Waals surface area contributed by atoms with Crippen molar-refractivity contribution in [1.82, 2.24) is 15.8 Å². The predicted octanol–water partition coefficient (Wildman–Crippen LogP) is 3.68. The molecule has 1 heterocycles. The van der Waals surface area contributed by atoms with Crippen molar-refractivity contribution in [1.29, 1.82) is 0 Å². The molecule has 0 fully saturated rings. The Balaban J connectivity index is 1.98. The van der Waals surface area contributed by atoms with Crippen LogP contribution < -0.4 is 10.6 Å². The average molecular weight is 362 g/mol. The summed E-state index contributed by atoms with van der Waals surface area (Å²) in [6.45, 7) is 7.71. The second kappa shape index (κ2) is 9.79. The highest BCUT2D eigenvalue weighted by molar-refractivity contribution is 5.79. The van der Waals surface area contributed by atoms with Gasteiger partial charge in [-0.2, -0.15) is 0 Å². The molecule has 26 heavy (non-hydrogen) atoms. The summed E-state index contributed by atoms with van der Waals surface area (Å²) in [5, 5.41) is 19.7. The van der Waals surface area contributed by atoms with Crippen molar-refractivity contribution in [3.8, 4) is 5.75 Å². The molecule has 0 radical (unpaired) electrons. The van der Waals surface area contributed by atoms with E-state index in [1.165, 1.54) is 12.1 Å². The first-order valence-corrected chi connectivity index (χ1v) is 9.02. The minimum absolute atomic E-state index is 0.294. The molecule has 3 N–H and O–H groups in total. The number of guanidine groups is 1. The van der Waals surface area contributed by atoms with Crippen LogP contribution in [0.25, 0.3) is 0 Å². The molecule has 2 rings (SSSR count). The minimum atomic E-state index is -0.647. The smallest absolute Gasteiger partial charge is 0.191 e. The maximum atomic E-state index is 13.4. The van der Waals surface area contributed by atoms with Crippen LogP contribution >= 0.6 is 0 Å². The normalized spacial score (nSPS) is 11.8. The summed E-state index contributed by atoms with van der Waals surface area (Å²) in [5.74, 6) is 0.751. The van der Waals surface area contributed by atoms with E-state index in [-0.39, 0.29) is 5.75 Å². The summed E-state index contributed by atoms with van der Waals surface area (Å²) in [6.07, 6.45) is 2.06. The number of phenols is 1. The summed E-state index contributed by atoms with van der Waals surface area (Å²) < 4.78 is 18.8. The highest BCUT2D eigenvalue weighted by atomic mass is 19.1. The summed E-state index contributed by atoms with van der Waals surface area (Å²) >= 11 is 0. The van der Waals surface area contributed by atoms with Crippen LogP contribution in [0, 0.1) is 5.82 Å². The fraction of sp³-hybridized carbons (Fsp3) is 0.474. The monoisotopic (exact) mass is 362 g/mol. The molecule has 0 bridgehead atoms. The van der Waals surface area contributed by atoms with Crippen LogP contribution in [0.3, 0.4) is 0 Å². The van der Waals surface area contributed by atoms with Crippen LogP contribution in [0.4, 0.5) is 4.39 Å². The molecular weight excluding hydrogens is 335 g/mol. The van der Waals surface area contributed by atoms with Crippen molar-refractivity contribution < 1.29 is 14.0 Å². The van der Waals surface area contributed by atoms with E-state index in [9.17, 15) is 9.50 Å². The third kappa shape index (κ3) is 5.47. The molecule has 142 valence electrons. The average Bonchev–Trinajstić information content (AvgIpc) is 3.10. The Kier molecular flexibility index (Phi) is 7.44. The third-order valence-corrected chi connectivity index (χ3v) is 4.19. The van der Waals surface area contributed by atoms with E-state index < -0.39 is 5.82 Å². The first-order chi connectivity index (χ1) is 12.6. The van der Waals surface area contributed by atoms with Gasteiger partial charge in [0.15, 0.2) is 23.3 Å². The molecular formula is C19H27FN4O2. The van der Waals surface area contributed by atoms with Gasteiger partial charge in [-0.1, -0.05) is 25.1 Å². The molecule has 0 spiro atoms. The summed E-state index contributed by atoms with van der Waals surface area (Å²) in [5.41, 5.74) is 1.65. The number of aliphatic imine (C=N–C) groups is 1. The van der Waals surface area contributed by atoms with E-state index in [4.69, 9.17) is 4.52 Å². The van der Waals surface area contributed by atoms with Crippen LogP contribution in [0.5, 0.6) is 5.75 Å². The Bertz CT molecular complexity index is 726. The van der Waals surface area contributed by atoms with Gasteiger partial charge in [-0.3, -0.25) is 0 Å². The minimum Gasteiger partial charge on any atom is -0.505 e. The quantitative estimate of drug-likeness (QED) is 0.493. The highest BCUT2D eigenvalue weighted by Gasteiger charge is 2.13. The van der Waals surface area contributed by atoms with Crippen molar-refractivity contribution in [3.63, 3.8) is 0 Å². The second-order valence-corrected chi connectivity index (χ2v) is 6.07. The van der Waals surface area contributed by atoms with Crippen molar-refractivity contribution >= 4 is 5.96 Å². The number of aromatic nitrogens is 1. The Morgan fingerprint density at radius 2 is 2.00 bits per heavy atom. The maximum absolute atomic E-state index is 13.4. The zero-order valence-electron chi connectivity index (χ0n) is 15.6. The van der Waals surface area contributed by atoms with Gasteiger partial charge in [-0.05, 0) is 37.5 Å². The number of nitrogens with one attached hydrogen (secondary N) is 2. The van der Waals surface area contributed by atoms with E-state index in [1.54, 1.807) is 6.07 Å². The lowest BCUT2D eigenvalue weighted by molar-refractivity contribution is 0.368. The molecule has 0 saturated carbocycles. The van der Waals surface area contributed by atoms with Gasteiger partial charge in [0.05, 0.1) is 18.8 Å². The molecule has 0 aliphatic heterocycles. The third-order valence-electron chi connectivity index (χ3n) is 4.19. The van der Waals surface area contributed by atoms with Crippen LogP contribution in [-0.2, 0) is 13.1 Å². The number of phenolic OH excluding ortho intramolecular Hbond substituents is 1. The topological polar surface area (TPSA) is 82.7 Å². The standard InChI is InChI=1S/C19H27FN4O2/c1-4-14(5-2)17-10-15(26-24-17)12-23-19(21-6-3)22-11-13-7-8-18(25)16(20)9-13/h7-10,14,25H,4-6,11-12H2,1-3H3,(H2,21,22,23). The van der Waals surface area contributed by atoms with Gasteiger partial charge in [-0.25, -0.2) is 9.38 Å². The van der Waals surface area contributed by atoms with Gasteiger partial charge < -0.3 is 20.3 Å². The van der Waals surface area contributed by atoms with Crippen LogP contribution in [0.15, 0.2) is 33.8 Å². The van der Waals surface area contributed by atoms with E-state index in [2.05, 4.69) is 34.6 Å². The number of nitrogens with zero attached hydrogens (tertiary/aromatic N) is 2. The molecule has 0 unspecified atom stereocenters. The van der Waals surface area contributed by atoms with Gasteiger partial charge >= 0.3 is 0 Å². The van der Waals surface area contributed by atoms with Crippen LogP contribution in [0.1, 0.15) is 56.5 Å². The Labute approximate surface area is 153 Å². The van der Waals surface area contributed by atoms with Gasteiger partial charge in [0, 0.05) is 18.5 Å². The Hall–Kier alpha value is -2.57. The molecule has 0 atom stereocenters. The number of hydrogen-bond acceptors (Lipinski definition) is 4. The largest absolute Gasteiger partial charge is 0.505 e. The van der Waals surface area contributed by atoms with Crippen molar-refractivity contribution in [3.05, 3.63) is 47.1 Å². The van der Waals surface area contributed by atoms with E-state index in [0.29, 0.717) is 37.1 Å². The molecule has 2 aromatic rings. The molecule has 1 aromatic carbocycles. The van der Waals surface area contributed by atoms with Crippen molar-refractivity contribution in [2.45, 2.75) is 52.6 Å². The zero-order valence-corrected chi connectivity index (χ0v) is 15.6. The van der Waals surface area contributed by atoms with Gasteiger partial charge in [0.2, 0.25) is 0 Å². The molecule has 0 saturated heterocycles. The van der Waals surface area contributed by atoms with E-state index in [1.807, 2.05) is 13.0 Å². The van der Waals surface area contributed by atoms with Crippen LogP contribution in [-0.4, -0.2) is 22.8 Å². The van der Waals surface area contributed by atoms with Gasteiger partial charge in [0.1, 0.15) is 0 Å². The van der Waals surface area contributed by atoms with Crippen LogP contribution in [0.2, 0.25) is 0 Å². The number of rotatable bonds is 8. The second-order valence-electron chi connectivity index (χ2n) is 6.07. The fourth-order valence-electron chi connectivity index (χ4n) is 2.64. The molecule has 0 aliphatic carbocycles. The van der Waals surface area contributed by atoms with Crippen molar-refractivity contribution in [2.75, 3.05) is 6.54 Å². The number of halogens is 1. The SMILES string of the molecule is CCNC(=NCc1ccc(O)c(F)c1)NCc1cc(C(CC)CC)no1. The maximum Gasteiger partial charge on any atom is 0.191 e. The Morgan fingerprint density at radius 1 is 1.23 bits per heavy atom. The number of benzene rings is 1. The van der Waals surface area contributed by atoms with Gasteiger partial charge in [-0.15, -0.1) is 0 Å². The van der Waals surface area contributed by atoms with Gasteiger partial charge in [0.25, 0.3) is 0 Å². The summed E-state index contributed by atoms with van der Waals surface area (Å²) in [7, 11) is 0. The van der Waals surface area contributed by atoms with Crippen molar-refractivity contribution in [2.24, 2.45) is 4.99 Å². The number of hydrogen-bond donors (Lipinski definition) is 3. The molecule has 6 nitrogen and oxygen atoms in total. The number of aromatic hydroxyl groups is 1. The summed E-state index contributed by atoms with van der Waals surface area (Å²) in [4.78, 5) is 4.43. The lowest BCUT2D eigenvalue weighted by atomic mass is 9.99. The Morgan fingerprint density at radius 3 is 2.65 bits per heavy atom. The molecule has 0 amide bonds. The van der Waals surface area contributed by atoms with E-state index >= 15 is 0 Å². The molecule has 1 aromatic heterocycles. The lowest BCUT2D eigenvalue weighted by Gasteiger charge is -2.10. The predicted molar refractivity (Wildman–Crippen MR) is 99.5 cm³/mol. The molecule has 7 heteroatoms.